The van der Waals surface area contributed by atoms with E-state index in [-0.39, 0.29) is 0 Å². The van der Waals surface area contributed by atoms with Crippen molar-refractivity contribution in [3.8, 4) is 6.07 Å². The first-order chi connectivity index (χ1) is 8.20. The summed E-state index contributed by atoms with van der Waals surface area (Å²) in [7, 11) is 2.13. The average molecular weight is 231 g/mol. The highest BCUT2D eigenvalue weighted by Crippen LogP contribution is 2.15. The van der Waals surface area contributed by atoms with Gasteiger partial charge in [-0.2, -0.15) is 5.26 Å². The Hall–Kier alpha value is -1.67. The first kappa shape index (κ1) is 11.8. The van der Waals surface area contributed by atoms with Crippen LogP contribution in [0, 0.1) is 11.3 Å². The minimum absolute atomic E-state index is 0.372. The zero-order chi connectivity index (χ0) is 12.3. The minimum Gasteiger partial charge on any atom is -0.337 e. The number of hydrogen-bond donors (Lipinski definition) is 0. The summed E-state index contributed by atoms with van der Waals surface area (Å²) in [4.78, 5) is 13.0. The number of nitrogens with zero attached hydrogens (tertiary/aromatic N) is 5. The molecule has 1 aliphatic rings. The number of likely N-dealkylation sites (N-methyl/N-ethyl adjacent to an activating group) is 1. The van der Waals surface area contributed by atoms with Crippen LogP contribution in [0.3, 0.4) is 0 Å². The fraction of sp³-hybridized carbons (Fsp3) is 0.583. The van der Waals surface area contributed by atoms with E-state index in [1.54, 1.807) is 12.3 Å². The van der Waals surface area contributed by atoms with Gasteiger partial charge in [0, 0.05) is 25.3 Å². The average Bonchev–Trinajstić information content (AvgIpc) is 2.50. The normalized spacial score (nSPS) is 21.9. The molecule has 0 radical (unpaired) electrons. The van der Waals surface area contributed by atoms with Crippen LogP contribution in [0.4, 0.5) is 5.95 Å². The maximum Gasteiger partial charge on any atom is 0.226 e. The second kappa shape index (κ2) is 5.11. The van der Waals surface area contributed by atoms with Crippen molar-refractivity contribution < 1.29 is 0 Å². The van der Waals surface area contributed by atoms with Gasteiger partial charge in [-0.05, 0) is 33.0 Å². The van der Waals surface area contributed by atoms with E-state index < -0.39 is 0 Å². The first-order valence-corrected chi connectivity index (χ1v) is 5.89. The third-order valence-corrected chi connectivity index (χ3v) is 3.06. The highest BCUT2D eigenvalue weighted by Gasteiger charge is 2.21. The Bertz CT molecular complexity index is 425. The van der Waals surface area contributed by atoms with Gasteiger partial charge in [0.2, 0.25) is 5.95 Å². The van der Waals surface area contributed by atoms with Crippen molar-refractivity contribution in [3.63, 3.8) is 0 Å². The van der Waals surface area contributed by atoms with Gasteiger partial charge in [-0.1, -0.05) is 0 Å². The molecule has 1 aliphatic heterocycles. The number of anilines is 1. The summed E-state index contributed by atoms with van der Waals surface area (Å²) in [5.74, 6) is 0.673. The van der Waals surface area contributed by atoms with Gasteiger partial charge in [-0.3, -0.25) is 0 Å². The van der Waals surface area contributed by atoms with Gasteiger partial charge in [0.25, 0.3) is 0 Å². The van der Waals surface area contributed by atoms with E-state index in [0.29, 0.717) is 17.7 Å². The quantitative estimate of drug-likeness (QED) is 0.718. The van der Waals surface area contributed by atoms with Crippen LogP contribution in [0.25, 0.3) is 0 Å². The summed E-state index contributed by atoms with van der Waals surface area (Å²) in [6.45, 7) is 5.21. The lowest BCUT2D eigenvalue weighted by molar-refractivity contribution is 0.337. The van der Waals surface area contributed by atoms with Crippen LogP contribution in [-0.2, 0) is 0 Å². The lowest BCUT2D eigenvalue weighted by Crippen LogP contribution is -2.39. The van der Waals surface area contributed by atoms with Crippen molar-refractivity contribution in [2.45, 2.75) is 19.4 Å². The largest absolute Gasteiger partial charge is 0.337 e. The fourth-order valence-corrected chi connectivity index (χ4v) is 2.22. The smallest absolute Gasteiger partial charge is 0.226 e. The van der Waals surface area contributed by atoms with Crippen LogP contribution >= 0.6 is 0 Å². The predicted molar refractivity (Wildman–Crippen MR) is 65.7 cm³/mol. The molecule has 1 atom stereocenters. The second-order valence-electron chi connectivity index (χ2n) is 4.51. The van der Waals surface area contributed by atoms with Crippen molar-refractivity contribution in [2.24, 2.45) is 0 Å². The van der Waals surface area contributed by atoms with Crippen molar-refractivity contribution >= 4 is 5.95 Å². The second-order valence-corrected chi connectivity index (χ2v) is 4.51. The van der Waals surface area contributed by atoms with E-state index in [9.17, 15) is 0 Å². The molecule has 0 bridgehead atoms. The summed E-state index contributed by atoms with van der Waals surface area (Å²) < 4.78 is 0. The highest BCUT2D eigenvalue weighted by molar-refractivity contribution is 5.35. The van der Waals surface area contributed by atoms with Crippen molar-refractivity contribution in [1.29, 1.82) is 5.26 Å². The Morgan fingerprint density at radius 3 is 3.06 bits per heavy atom. The van der Waals surface area contributed by atoms with Gasteiger partial charge in [0.05, 0.1) is 0 Å². The lowest BCUT2D eigenvalue weighted by Gasteiger charge is -2.27. The molecule has 1 saturated heterocycles. The van der Waals surface area contributed by atoms with Gasteiger partial charge in [0.1, 0.15) is 11.8 Å². The van der Waals surface area contributed by atoms with Gasteiger partial charge in [-0.15, -0.1) is 0 Å². The molecule has 5 nitrogen and oxygen atoms in total. The number of hydrogen-bond acceptors (Lipinski definition) is 5. The molecule has 1 aromatic rings. The number of rotatable bonds is 1. The standard InChI is InChI=1S/C12H17N5/c1-10-9-16(2)6-3-7-17(10)12-14-5-4-11(8-13)15-12/h4-5,10H,3,6-7,9H2,1-2H3/t10-/m0/s1. The van der Waals surface area contributed by atoms with Crippen LogP contribution in [0.1, 0.15) is 19.0 Å². The van der Waals surface area contributed by atoms with Crippen LogP contribution in [0.2, 0.25) is 0 Å². The summed E-state index contributed by atoms with van der Waals surface area (Å²) in [6, 6.07) is 4.07. The monoisotopic (exact) mass is 231 g/mol. The molecule has 0 unspecified atom stereocenters. The fourth-order valence-electron chi connectivity index (χ4n) is 2.22. The van der Waals surface area contributed by atoms with E-state index in [1.807, 2.05) is 0 Å². The maximum absolute atomic E-state index is 8.86. The molecule has 0 saturated carbocycles. The molecule has 1 fully saturated rings. The Morgan fingerprint density at radius 2 is 2.29 bits per heavy atom. The van der Waals surface area contributed by atoms with Gasteiger partial charge < -0.3 is 9.80 Å². The Kier molecular flexibility index (Phi) is 3.55. The number of aromatic nitrogens is 2. The van der Waals surface area contributed by atoms with Crippen LogP contribution in [-0.4, -0.2) is 47.6 Å². The maximum atomic E-state index is 8.86. The highest BCUT2D eigenvalue weighted by atomic mass is 15.3. The molecule has 90 valence electrons. The molecular weight excluding hydrogens is 214 g/mol. The van der Waals surface area contributed by atoms with Gasteiger partial charge in [-0.25, -0.2) is 9.97 Å². The molecule has 0 aliphatic carbocycles. The van der Waals surface area contributed by atoms with Gasteiger partial charge >= 0.3 is 0 Å². The van der Waals surface area contributed by atoms with Gasteiger partial charge in [0.15, 0.2) is 0 Å². The molecule has 2 rings (SSSR count). The predicted octanol–water partition coefficient (Wildman–Crippen LogP) is 0.879. The molecule has 2 heterocycles. The summed E-state index contributed by atoms with van der Waals surface area (Å²) in [6.07, 6.45) is 2.75. The zero-order valence-electron chi connectivity index (χ0n) is 10.3. The van der Waals surface area contributed by atoms with E-state index in [0.717, 1.165) is 26.1 Å². The minimum atomic E-state index is 0.372. The molecule has 5 heteroatoms. The molecule has 17 heavy (non-hydrogen) atoms. The van der Waals surface area contributed by atoms with E-state index in [2.05, 4.69) is 39.8 Å². The third-order valence-electron chi connectivity index (χ3n) is 3.06. The van der Waals surface area contributed by atoms with E-state index in [4.69, 9.17) is 5.26 Å². The molecule has 0 amide bonds. The van der Waals surface area contributed by atoms with E-state index in [1.165, 1.54) is 0 Å². The Labute approximate surface area is 102 Å². The van der Waals surface area contributed by atoms with E-state index >= 15 is 0 Å². The van der Waals surface area contributed by atoms with Crippen molar-refractivity contribution in [1.82, 2.24) is 14.9 Å². The molecular formula is C12H17N5. The Balaban J connectivity index is 2.22. The number of nitriles is 1. The summed E-state index contributed by atoms with van der Waals surface area (Å²) in [5, 5.41) is 8.86. The molecule has 1 aromatic heterocycles. The topological polar surface area (TPSA) is 56.0 Å². The molecule has 0 N–H and O–H groups in total. The van der Waals surface area contributed by atoms with Crippen LogP contribution in [0.5, 0.6) is 0 Å². The van der Waals surface area contributed by atoms with Crippen LogP contribution < -0.4 is 4.90 Å². The lowest BCUT2D eigenvalue weighted by atomic mass is 10.3. The zero-order valence-corrected chi connectivity index (χ0v) is 10.3. The SMILES string of the molecule is C[C@H]1CN(C)CCCN1c1nccc(C#N)n1. The van der Waals surface area contributed by atoms with Crippen molar-refractivity contribution in [2.75, 3.05) is 31.6 Å². The molecule has 0 aromatic carbocycles. The van der Waals surface area contributed by atoms with Crippen molar-refractivity contribution in [3.05, 3.63) is 18.0 Å². The summed E-state index contributed by atoms with van der Waals surface area (Å²) in [5.41, 5.74) is 0.430. The summed E-state index contributed by atoms with van der Waals surface area (Å²) >= 11 is 0. The van der Waals surface area contributed by atoms with Crippen LogP contribution in [0.15, 0.2) is 12.3 Å². The Morgan fingerprint density at radius 1 is 1.47 bits per heavy atom. The third kappa shape index (κ3) is 2.71. The first-order valence-electron chi connectivity index (χ1n) is 5.89. The molecule has 0 spiro atoms.